The van der Waals surface area contributed by atoms with Gasteiger partial charge in [-0.05, 0) is 43.2 Å². The summed E-state index contributed by atoms with van der Waals surface area (Å²) in [5, 5.41) is 14.7. The van der Waals surface area contributed by atoms with Crippen molar-refractivity contribution < 1.29 is 9.60 Å². The lowest BCUT2D eigenvalue weighted by molar-refractivity contribution is 0.318. The smallest absolute Gasteiger partial charge is 0.173 e. The number of hydrogen-bond donors (Lipinski definition) is 3. The van der Waals surface area contributed by atoms with Crippen LogP contribution in [0.25, 0.3) is 0 Å². The molecule has 21 heavy (non-hydrogen) atoms. The van der Waals surface area contributed by atoms with Gasteiger partial charge in [-0.2, -0.15) is 0 Å². The van der Waals surface area contributed by atoms with Gasteiger partial charge in [0.25, 0.3) is 0 Å². The Morgan fingerprint density at radius 1 is 1.24 bits per heavy atom. The van der Waals surface area contributed by atoms with Crippen LogP contribution in [0.2, 0.25) is 0 Å². The van der Waals surface area contributed by atoms with Gasteiger partial charge in [-0.3, -0.25) is 0 Å². The topological polar surface area (TPSA) is 70.6 Å². The fraction of sp³-hybridized carbons (Fsp3) is 0.188. The summed E-state index contributed by atoms with van der Waals surface area (Å²) in [6.45, 7) is 4.39. The molecule has 4 N–H and O–H groups in total. The zero-order chi connectivity index (χ0) is 15.4. The molecule has 5 heteroatoms. The molecular formula is C16H18FN3O. The fourth-order valence-corrected chi connectivity index (χ4v) is 2.02. The molecule has 0 atom stereocenters. The van der Waals surface area contributed by atoms with Crippen LogP contribution in [0.5, 0.6) is 0 Å². The van der Waals surface area contributed by atoms with Crippen LogP contribution in [0, 0.1) is 19.7 Å². The second-order valence-corrected chi connectivity index (χ2v) is 4.92. The number of nitrogens with zero attached hydrogens (tertiary/aromatic N) is 1. The van der Waals surface area contributed by atoms with E-state index >= 15 is 0 Å². The Balaban J connectivity index is 2.18. The highest BCUT2D eigenvalue weighted by Crippen LogP contribution is 2.17. The first-order valence-electron chi connectivity index (χ1n) is 6.59. The van der Waals surface area contributed by atoms with Gasteiger partial charge in [-0.15, -0.1) is 0 Å². The molecule has 0 aliphatic carbocycles. The van der Waals surface area contributed by atoms with Gasteiger partial charge in [0.2, 0.25) is 0 Å². The fourth-order valence-electron chi connectivity index (χ4n) is 2.02. The van der Waals surface area contributed by atoms with Gasteiger partial charge >= 0.3 is 0 Å². The third-order valence-electron chi connectivity index (χ3n) is 3.45. The van der Waals surface area contributed by atoms with Crippen LogP contribution in [0.3, 0.4) is 0 Å². The molecule has 0 bridgehead atoms. The minimum Gasteiger partial charge on any atom is -0.409 e. The Morgan fingerprint density at radius 2 is 2.00 bits per heavy atom. The van der Waals surface area contributed by atoms with Crippen molar-refractivity contribution in [2.45, 2.75) is 20.4 Å². The highest BCUT2D eigenvalue weighted by atomic mass is 19.1. The lowest BCUT2D eigenvalue weighted by Crippen LogP contribution is -2.16. The number of benzene rings is 2. The third-order valence-corrected chi connectivity index (χ3v) is 3.45. The molecule has 0 amide bonds. The maximum Gasteiger partial charge on any atom is 0.173 e. The average molecular weight is 287 g/mol. The molecule has 2 aromatic rings. The molecule has 4 nitrogen and oxygen atoms in total. The molecule has 2 rings (SSSR count). The van der Waals surface area contributed by atoms with Crippen LogP contribution in [0.1, 0.15) is 22.3 Å². The third kappa shape index (κ3) is 3.31. The van der Waals surface area contributed by atoms with Crippen molar-refractivity contribution in [3.8, 4) is 0 Å². The van der Waals surface area contributed by atoms with Gasteiger partial charge < -0.3 is 16.3 Å². The zero-order valence-corrected chi connectivity index (χ0v) is 12.0. The van der Waals surface area contributed by atoms with Crippen molar-refractivity contribution in [1.29, 1.82) is 0 Å². The van der Waals surface area contributed by atoms with Gasteiger partial charge in [-0.25, -0.2) is 4.39 Å². The van der Waals surface area contributed by atoms with Crippen LogP contribution < -0.4 is 11.1 Å². The van der Waals surface area contributed by atoms with E-state index in [0.717, 1.165) is 5.69 Å². The van der Waals surface area contributed by atoms with Crippen molar-refractivity contribution in [2.24, 2.45) is 10.9 Å². The number of hydrogen-bond acceptors (Lipinski definition) is 3. The van der Waals surface area contributed by atoms with Gasteiger partial charge in [-0.1, -0.05) is 23.4 Å². The maximum absolute atomic E-state index is 14.2. The van der Waals surface area contributed by atoms with E-state index in [1.165, 1.54) is 17.2 Å². The molecule has 0 spiro atoms. The summed E-state index contributed by atoms with van der Waals surface area (Å²) in [7, 11) is 0. The number of amidine groups is 1. The van der Waals surface area contributed by atoms with E-state index < -0.39 is 5.82 Å². The molecule has 0 saturated heterocycles. The lowest BCUT2D eigenvalue weighted by atomic mass is 10.1. The number of nitrogens with two attached hydrogens (primary N) is 1. The van der Waals surface area contributed by atoms with Crippen LogP contribution in [-0.4, -0.2) is 11.0 Å². The van der Waals surface area contributed by atoms with E-state index in [0.29, 0.717) is 12.1 Å². The largest absolute Gasteiger partial charge is 0.409 e. The first kappa shape index (κ1) is 14.8. The highest BCUT2D eigenvalue weighted by Gasteiger charge is 2.11. The van der Waals surface area contributed by atoms with E-state index in [1.807, 2.05) is 32.0 Å². The molecule has 0 aliphatic rings. The van der Waals surface area contributed by atoms with Crippen molar-refractivity contribution in [3.05, 3.63) is 64.5 Å². The molecule has 0 aromatic heterocycles. The number of oxime groups is 1. The van der Waals surface area contributed by atoms with E-state index in [9.17, 15) is 4.39 Å². The maximum atomic E-state index is 14.2. The zero-order valence-electron chi connectivity index (χ0n) is 12.0. The van der Waals surface area contributed by atoms with E-state index in [1.54, 1.807) is 12.1 Å². The van der Waals surface area contributed by atoms with Gasteiger partial charge in [0, 0.05) is 17.8 Å². The Morgan fingerprint density at radius 3 is 2.67 bits per heavy atom. The molecule has 0 unspecified atom stereocenters. The van der Waals surface area contributed by atoms with Crippen LogP contribution in [0.15, 0.2) is 41.6 Å². The summed E-state index contributed by atoms with van der Waals surface area (Å²) in [6.07, 6.45) is 0. The van der Waals surface area contributed by atoms with E-state index in [-0.39, 0.29) is 11.4 Å². The van der Waals surface area contributed by atoms with Crippen LogP contribution >= 0.6 is 0 Å². The summed E-state index contributed by atoms with van der Waals surface area (Å²) in [5.74, 6) is -0.718. The normalized spacial score (nSPS) is 11.5. The minimum absolute atomic E-state index is 0.0943. The van der Waals surface area contributed by atoms with Crippen molar-refractivity contribution in [1.82, 2.24) is 0 Å². The number of anilines is 1. The van der Waals surface area contributed by atoms with Gasteiger partial charge in [0.05, 0.1) is 5.56 Å². The van der Waals surface area contributed by atoms with E-state index in [4.69, 9.17) is 10.9 Å². The summed E-state index contributed by atoms with van der Waals surface area (Å²) < 4.78 is 14.2. The average Bonchev–Trinajstić information content (AvgIpc) is 2.49. The highest BCUT2D eigenvalue weighted by molar-refractivity contribution is 5.97. The summed E-state index contributed by atoms with van der Waals surface area (Å²) >= 11 is 0. The van der Waals surface area contributed by atoms with Crippen molar-refractivity contribution >= 4 is 11.5 Å². The predicted molar refractivity (Wildman–Crippen MR) is 82.2 cm³/mol. The Kier molecular flexibility index (Phi) is 4.42. The first-order chi connectivity index (χ1) is 10.0. The number of halogens is 1. The summed E-state index contributed by atoms with van der Waals surface area (Å²) in [6, 6.07) is 10.8. The first-order valence-corrected chi connectivity index (χ1v) is 6.59. The lowest BCUT2D eigenvalue weighted by Gasteiger charge is -2.11. The minimum atomic E-state index is -0.482. The monoisotopic (exact) mass is 287 g/mol. The molecule has 0 radical (unpaired) electrons. The Hall–Kier alpha value is -2.56. The van der Waals surface area contributed by atoms with Gasteiger partial charge in [0.15, 0.2) is 5.84 Å². The molecule has 0 heterocycles. The summed E-state index contributed by atoms with van der Waals surface area (Å²) in [4.78, 5) is 0. The Bertz CT molecular complexity index is 683. The number of rotatable bonds is 4. The quantitative estimate of drug-likeness (QED) is 0.350. The standard InChI is InChI=1S/C16H18FN3O/c1-10-6-7-13(8-11(10)2)19-9-12-4-3-5-14(15(12)17)16(18)20-21/h3-8,19,21H,9H2,1-2H3,(H2,18,20). The van der Waals surface area contributed by atoms with Crippen molar-refractivity contribution in [2.75, 3.05) is 5.32 Å². The SMILES string of the molecule is Cc1ccc(NCc2cccc(/C(N)=N/O)c2F)cc1C. The van der Waals surface area contributed by atoms with Crippen LogP contribution in [-0.2, 0) is 6.54 Å². The Labute approximate surface area is 123 Å². The second kappa shape index (κ2) is 6.26. The molecule has 0 aliphatic heterocycles. The second-order valence-electron chi connectivity index (χ2n) is 4.92. The predicted octanol–water partition coefficient (Wildman–Crippen LogP) is 3.15. The molecular weight excluding hydrogens is 269 g/mol. The molecule has 0 fully saturated rings. The number of aryl methyl sites for hydroxylation is 2. The number of nitrogens with one attached hydrogen (secondary N) is 1. The van der Waals surface area contributed by atoms with Gasteiger partial charge in [0.1, 0.15) is 5.82 Å². The van der Waals surface area contributed by atoms with E-state index in [2.05, 4.69) is 10.5 Å². The van der Waals surface area contributed by atoms with Crippen LogP contribution in [0.4, 0.5) is 10.1 Å². The molecule has 110 valence electrons. The summed E-state index contributed by atoms with van der Waals surface area (Å²) in [5.41, 5.74) is 9.30. The molecule has 0 saturated carbocycles. The molecule has 2 aromatic carbocycles. The van der Waals surface area contributed by atoms with Crippen molar-refractivity contribution in [3.63, 3.8) is 0 Å².